The number of thiazole rings is 1. The van der Waals surface area contributed by atoms with Crippen LogP contribution in [0.25, 0.3) is 10.6 Å². The topological polar surface area (TPSA) is 39.2 Å². The summed E-state index contributed by atoms with van der Waals surface area (Å²) in [5, 5.41) is 2.27. The van der Waals surface area contributed by atoms with Crippen LogP contribution in [0.1, 0.15) is 16.7 Å². The Morgan fingerprint density at radius 2 is 2.38 bits per heavy atom. The number of halogens is 1. The van der Waals surface area contributed by atoms with Crippen molar-refractivity contribution in [2.24, 2.45) is 0 Å². The van der Waals surface area contributed by atoms with E-state index < -0.39 is 0 Å². The van der Waals surface area contributed by atoms with Crippen LogP contribution < -0.4 is 0 Å². The number of esters is 1. The van der Waals surface area contributed by atoms with Gasteiger partial charge >= 0.3 is 5.97 Å². The van der Waals surface area contributed by atoms with Crippen LogP contribution >= 0.6 is 38.6 Å². The third-order valence-corrected chi connectivity index (χ3v) is 4.25. The fourth-order valence-electron chi connectivity index (χ4n) is 1.13. The first-order valence-electron chi connectivity index (χ1n) is 4.59. The van der Waals surface area contributed by atoms with Gasteiger partial charge < -0.3 is 4.74 Å². The summed E-state index contributed by atoms with van der Waals surface area (Å²) in [5.74, 6) is -0.352. The van der Waals surface area contributed by atoms with E-state index in [0.29, 0.717) is 11.6 Å². The molecule has 0 aliphatic heterocycles. The number of aromatic nitrogens is 1. The van der Waals surface area contributed by atoms with Crippen molar-refractivity contribution >= 4 is 44.6 Å². The van der Waals surface area contributed by atoms with Crippen molar-refractivity contribution in [1.29, 1.82) is 0 Å². The quantitative estimate of drug-likeness (QED) is 0.808. The maximum atomic E-state index is 11.4. The molecule has 3 nitrogen and oxygen atoms in total. The van der Waals surface area contributed by atoms with E-state index in [9.17, 15) is 4.79 Å². The number of carbonyl (C=O) groups is 1. The first-order valence-corrected chi connectivity index (χ1v) is 7.08. The summed E-state index contributed by atoms with van der Waals surface area (Å²) >= 11 is 6.29. The highest BCUT2D eigenvalue weighted by Crippen LogP contribution is 2.31. The number of hydrogen-bond acceptors (Lipinski definition) is 5. The van der Waals surface area contributed by atoms with Crippen molar-refractivity contribution in [3.05, 3.63) is 26.3 Å². The molecule has 0 amide bonds. The Balaban J connectivity index is 2.22. The Labute approximate surface area is 109 Å². The molecule has 0 atom stereocenters. The van der Waals surface area contributed by atoms with Gasteiger partial charge in [0.15, 0.2) is 0 Å². The Morgan fingerprint density at radius 3 is 3.00 bits per heavy atom. The zero-order chi connectivity index (χ0) is 11.5. The lowest BCUT2D eigenvalue weighted by Crippen LogP contribution is -2.03. The van der Waals surface area contributed by atoms with Gasteiger partial charge in [-0.15, -0.1) is 22.7 Å². The molecule has 0 radical (unpaired) electrons. The Morgan fingerprint density at radius 1 is 1.56 bits per heavy atom. The van der Waals surface area contributed by atoms with Crippen molar-refractivity contribution in [2.75, 3.05) is 6.61 Å². The Kier molecular flexibility index (Phi) is 3.73. The van der Waals surface area contributed by atoms with Crippen LogP contribution in [0, 0.1) is 0 Å². The molecule has 16 heavy (non-hydrogen) atoms. The minimum absolute atomic E-state index is 0.352. The first-order chi connectivity index (χ1) is 7.70. The summed E-state index contributed by atoms with van der Waals surface area (Å²) in [4.78, 5) is 16.7. The number of hydrogen-bond donors (Lipinski definition) is 0. The van der Waals surface area contributed by atoms with Crippen LogP contribution in [0.4, 0.5) is 0 Å². The summed E-state index contributed by atoms with van der Waals surface area (Å²) in [7, 11) is 0. The molecule has 2 aromatic heterocycles. The van der Waals surface area contributed by atoms with Gasteiger partial charge in [-0.25, -0.2) is 9.78 Å². The van der Waals surface area contributed by atoms with Crippen LogP contribution in [0.15, 0.2) is 21.3 Å². The van der Waals surface area contributed by atoms with Crippen LogP contribution in [-0.2, 0) is 4.74 Å². The van der Waals surface area contributed by atoms with Gasteiger partial charge in [-0.1, -0.05) is 0 Å². The van der Waals surface area contributed by atoms with Crippen molar-refractivity contribution in [3.8, 4) is 10.6 Å². The molecule has 2 heterocycles. The zero-order valence-corrected chi connectivity index (χ0v) is 11.6. The molecule has 2 aromatic rings. The second kappa shape index (κ2) is 5.07. The minimum atomic E-state index is -0.352. The van der Waals surface area contributed by atoms with Crippen molar-refractivity contribution in [2.45, 2.75) is 6.92 Å². The van der Waals surface area contributed by atoms with Crippen LogP contribution in [0.5, 0.6) is 0 Å². The average Bonchev–Trinajstić information content (AvgIpc) is 2.85. The second-order valence-corrected chi connectivity index (χ2v) is 6.18. The van der Waals surface area contributed by atoms with Crippen LogP contribution in [-0.4, -0.2) is 17.6 Å². The Bertz CT molecular complexity index is 506. The largest absolute Gasteiger partial charge is 0.461 e. The fourth-order valence-corrected chi connectivity index (χ4v) is 3.26. The average molecular weight is 318 g/mol. The molecular weight excluding hydrogens is 310 g/mol. The summed E-state index contributed by atoms with van der Waals surface area (Å²) in [5.41, 5.74) is 0.823. The molecule has 0 N–H and O–H groups in total. The molecule has 84 valence electrons. The molecule has 0 aliphatic rings. The highest BCUT2D eigenvalue weighted by molar-refractivity contribution is 9.11. The van der Waals surface area contributed by atoms with Gasteiger partial charge in [0.2, 0.25) is 5.01 Å². The molecule has 0 fully saturated rings. The SMILES string of the molecule is CCOC(=O)c1nc(-c2ccc(Br)s2)cs1. The lowest BCUT2D eigenvalue weighted by molar-refractivity contribution is 0.0526. The monoisotopic (exact) mass is 317 g/mol. The smallest absolute Gasteiger partial charge is 0.367 e. The number of rotatable bonds is 3. The Hall–Kier alpha value is -0.720. The molecule has 2 rings (SSSR count). The third-order valence-electron chi connectivity index (χ3n) is 1.78. The number of ether oxygens (including phenoxy) is 1. The van der Waals surface area contributed by atoms with Gasteiger partial charge in [0.25, 0.3) is 0 Å². The van der Waals surface area contributed by atoms with Crippen LogP contribution in [0.2, 0.25) is 0 Å². The molecule has 0 unspecified atom stereocenters. The third kappa shape index (κ3) is 2.50. The normalized spacial score (nSPS) is 10.4. The van der Waals surface area contributed by atoms with E-state index in [2.05, 4.69) is 20.9 Å². The van der Waals surface area contributed by atoms with Crippen molar-refractivity contribution in [3.63, 3.8) is 0 Å². The van der Waals surface area contributed by atoms with Gasteiger partial charge in [0, 0.05) is 5.38 Å². The van der Waals surface area contributed by atoms with E-state index in [-0.39, 0.29) is 5.97 Å². The summed E-state index contributed by atoms with van der Waals surface area (Å²) in [6.45, 7) is 2.15. The molecule has 0 spiro atoms. The van der Waals surface area contributed by atoms with Gasteiger partial charge in [-0.3, -0.25) is 0 Å². The number of nitrogens with zero attached hydrogens (tertiary/aromatic N) is 1. The van der Waals surface area contributed by atoms with E-state index in [4.69, 9.17) is 4.74 Å². The van der Waals surface area contributed by atoms with Gasteiger partial charge in [0.1, 0.15) is 0 Å². The lowest BCUT2D eigenvalue weighted by Gasteiger charge is -1.95. The lowest BCUT2D eigenvalue weighted by atomic mass is 10.4. The maximum absolute atomic E-state index is 11.4. The maximum Gasteiger partial charge on any atom is 0.367 e. The molecule has 0 saturated carbocycles. The second-order valence-electron chi connectivity index (χ2n) is 2.86. The van der Waals surface area contributed by atoms with E-state index in [1.54, 1.807) is 18.3 Å². The predicted octanol–water partition coefficient (Wildman–Crippen LogP) is 3.81. The van der Waals surface area contributed by atoms with Gasteiger partial charge in [-0.2, -0.15) is 0 Å². The predicted molar refractivity (Wildman–Crippen MR) is 69.1 cm³/mol. The van der Waals surface area contributed by atoms with E-state index in [1.807, 2.05) is 17.5 Å². The van der Waals surface area contributed by atoms with Crippen molar-refractivity contribution in [1.82, 2.24) is 4.98 Å². The minimum Gasteiger partial charge on any atom is -0.461 e. The first kappa shape index (κ1) is 11.8. The molecule has 0 aromatic carbocycles. The van der Waals surface area contributed by atoms with E-state index >= 15 is 0 Å². The van der Waals surface area contributed by atoms with Crippen LogP contribution in [0.3, 0.4) is 0 Å². The summed E-state index contributed by atoms with van der Waals surface area (Å²) in [6.07, 6.45) is 0. The number of thiophene rings is 1. The highest BCUT2D eigenvalue weighted by atomic mass is 79.9. The fraction of sp³-hybridized carbons (Fsp3) is 0.200. The standard InChI is InChI=1S/C10H8BrNO2S2/c1-2-14-10(13)9-12-6(5-15-9)7-3-4-8(11)16-7/h3-5H,2H2,1H3. The summed E-state index contributed by atoms with van der Waals surface area (Å²) < 4.78 is 5.93. The highest BCUT2D eigenvalue weighted by Gasteiger charge is 2.13. The van der Waals surface area contributed by atoms with E-state index in [1.165, 1.54) is 11.3 Å². The number of carbonyl (C=O) groups excluding carboxylic acids is 1. The van der Waals surface area contributed by atoms with Gasteiger partial charge in [0.05, 0.1) is 21.0 Å². The molecule has 6 heteroatoms. The molecular formula is C10H8BrNO2S2. The molecule has 0 bridgehead atoms. The van der Waals surface area contributed by atoms with Gasteiger partial charge in [-0.05, 0) is 35.0 Å². The molecule has 0 saturated heterocycles. The van der Waals surface area contributed by atoms with Crippen molar-refractivity contribution < 1.29 is 9.53 Å². The molecule has 0 aliphatic carbocycles. The van der Waals surface area contributed by atoms with E-state index in [0.717, 1.165) is 14.4 Å². The zero-order valence-electron chi connectivity index (χ0n) is 8.40. The summed E-state index contributed by atoms with van der Waals surface area (Å²) in [6, 6.07) is 3.93.